The van der Waals surface area contributed by atoms with Crippen molar-refractivity contribution in [1.82, 2.24) is 0 Å². The summed E-state index contributed by atoms with van der Waals surface area (Å²) >= 11 is 2.43. The van der Waals surface area contributed by atoms with Crippen molar-refractivity contribution in [1.29, 1.82) is 0 Å². The monoisotopic (exact) mass is 403 g/mol. The highest BCUT2D eigenvalue weighted by molar-refractivity contribution is 8.14. The summed E-state index contributed by atoms with van der Waals surface area (Å²) in [6.07, 6.45) is 1.46. The Kier molecular flexibility index (Phi) is 5.62. The first kappa shape index (κ1) is 18.7. The Labute approximate surface area is 161 Å². The van der Waals surface area contributed by atoms with Gasteiger partial charge < -0.3 is 5.73 Å². The molecular weight excluding hydrogens is 390 g/mol. The fourth-order valence-corrected chi connectivity index (χ4v) is 3.79. The molecule has 1 saturated heterocycles. The zero-order chi connectivity index (χ0) is 19.4. The SMILES string of the molecule is NC(=N/N=C\c1cccs1)S[C@@H]1CC(=O)N(c2cccc([N+](=O)[O-])c2)C1=O. The van der Waals surface area contributed by atoms with Crippen molar-refractivity contribution >= 4 is 57.7 Å². The third kappa shape index (κ3) is 4.38. The molecule has 0 radical (unpaired) electrons. The van der Waals surface area contributed by atoms with Crippen molar-refractivity contribution in [2.75, 3.05) is 4.90 Å². The van der Waals surface area contributed by atoms with Crippen LogP contribution in [-0.4, -0.2) is 33.4 Å². The number of amidine groups is 1. The molecule has 2 amide bonds. The van der Waals surface area contributed by atoms with E-state index in [9.17, 15) is 19.7 Å². The number of anilines is 1. The summed E-state index contributed by atoms with van der Waals surface area (Å²) in [5.41, 5.74) is 5.74. The second-order valence-electron chi connectivity index (χ2n) is 5.35. The summed E-state index contributed by atoms with van der Waals surface area (Å²) in [6, 6.07) is 9.10. The van der Waals surface area contributed by atoms with Crippen LogP contribution >= 0.6 is 23.1 Å². The number of non-ortho nitro benzene ring substituents is 1. The molecule has 1 aliphatic heterocycles. The quantitative estimate of drug-likeness (QED) is 0.268. The molecule has 1 aromatic heterocycles. The summed E-state index contributed by atoms with van der Waals surface area (Å²) in [5.74, 6) is -0.946. The molecule has 11 heteroatoms. The number of thiophene rings is 1. The molecule has 0 unspecified atom stereocenters. The first-order valence-corrected chi connectivity index (χ1v) is 9.39. The van der Waals surface area contributed by atoms with Gasteiger partial charge in [-0.1, -0.05) is 23.9 Å². The Balaban J connectivity index is 1.70. The van der Waals surface area contributed by atoms with Crippen molar-refractivity contribution in [3.8, 4) is 0 Å². The largest absolute Gasteiger partial charge is 0.377 e. The maximum atomic E-state index is 12.6. The van der Waals surface area contributed by atoms with Crippen molar-refractivity contribution in [2.45, 2.75) is 11.7 Å². The molecule has 1 atom stereocenters. The van der Waals surface area contributed by atoms with Crippen LogP contribution in [0.5, 0.6) is 0 Å². The number of imide groups is 1. The zero-order valence-electron chi connectivity index (χ0n) is 13.7. The second kappa shape index (κ2) is 8.10. The molecular formula is C16H13N5O4S2. The van der Waals surface area contributed by atoms with Gasteiger partial charge in [0.25, 0.3) is 5.69 Å². The van der Waals surface area contributed by atoms with Gasteiger partial charge in [0.15, 0.2) is 5.17 Å². The molecule has 1 aromatic carbocycles. The summed E-state index contributed by atoms with van der Waals surface area (Å²) in [5, 5.41) is 19.8. The van der Waals surface area contributed by atoms with E-state index < -0.39 is 22.0 Å². The lowest BCUT2D eigenvalue weighted by atomic mass is 10.2. The fraction of sp³-hybridized carbons (Fsp3) is 0.125. The standard InChI is InChI=1S/C16H13N5O4S2/c17-16(19-18-9-12-5-2-6-26-12)27-13-8-14(22)20(15(13)23)10-3-1-4-11(7-10)21(24)25/h1-7,9,13H,8H2,(H2,17,19)/b18-9-/t13-/m1/s1. The average Bonchev–Trinajstić information content (AvgIpc) is 3.23. The number of nitrogens with two attached hydrogens (primary N) is 1. The summed E-state index contributed by atoms with van der Waals surface area (Å²) < 4.78 is 0. The Morgan fingerprint density at radius 1 is 1.37 bits per heavy atom. The average molecular weight is 403 g/mol. The molecule has 27 heavy (non-hydrogen) atoms. The molecule has 2 heterocycles. The Morgan fingerprint density at radius 3 is 2.89 bits per heavy atom. The van der Waals surface area contributed by atoms with Crippen molar-refractivity contribution < 1.29 is 14.5 Å². The van der Waals surface area contributed by atoms with E-state index in [1.807, 2.05) is 17.5 Å². The van der Waals surface area contributed by atoms with Crippen LogP contribution in [-0.2, 0) is 9.59 Å². The van der Waals surface area contributed by atoms with E-state index in [1.54, 1.807) is 0 Å². The van der Waals surface area contributed by atoms with Gasteiger partial charge in [-0.3, -0.25) is 19.7 Å². The number of hydrogen-bond donors (Lipinski definition) is 1. The molecule has 0 aliphatic carbocycles. The van der Waals surface area contributed by atoms with E-state index in [0.29, 0.717) is 0 Å². The minimum absolute atomic E-state index is 0.0508. The minimum atomic E-state index is -0.752. The number of carbonyl (C=O) groups is 2. The zero-order valence-corrected chi connectivity index (χ0v) is 15.4. The van der Waals surface area contributed by atoms with Gasteiger partial charge in [-0.15, -0.1) is 16.4 Å². The number of nitro groups is 1. The van der Waals surface area contributed by atoms with Crippen LogP contribution in [0, 0.1) is 10.1 Å². The van der Waals surface area contributed by atoms with E-state index in [4.69, 9.17) is 5.73 Å². The predicted molar refractivity (Wildman–Crippen MR) is 105 cm³/mol. The molecule has 0 saturated carbocycles. The van der Waals surface area contributed by atoms with Gasteiger partial charge in [-0.05, 0) is 17.5 Å². The fourth-order valence-electron chi connectivity index (χ4n) is 2.39. The maximum Gasteiger partial charge on any atom is 0.271 e. The van der Waals surface area contributed by atoms with E-state index >= 15 is 0 Å². The summed E-state index contributed by atoms with van der Waals surface area (Å²) in [7, 11) is 0. The number of carbonyl (C=O) groups excluding carboxylic acids is 2. The van der Waals surface area contributed by atoms with E-state index in [2.05, 4.69) is 10.2 Å². The van der Waals surface area contributed by atoms with Crippen LogP contribution in [0.25, 0.3) is 0 Å². The number of nitrogens with zero attached hydrogens (tertiary/aromatic N) is 4. The van der Waals surface area contributed by atoms with Gasteiger partial charge in [0, 0.05) is 23.4 Å². The maximum absolute atomic E-state index is 12.6. The van der Waals surface area contributed by atoms with Gasteiger partial charge in [-0.25, -0.2) is 4.90 Å². The van der Waals surface area contributed by atoms with Crippen LogP contribution in [0.4, 0.5) is 11.4 Å². The van der Waals surface area contributed by atoms with E-state index in [-0.39, 0.29) is 23.0 Å². The van der Waals surface area contributed by atoms with E-state index in [1.165, 1.54) is 41.8 Å². The summed E-state index contributed by atoms with van der Waals surface area (Å²) in [4.78, 5) is 37.0. The number of amides is 2. The highest BCUT2D eigenvalue weighted by atomic mass is 32.2. The van der Waals surface area contributed by atoms with Gasteiger partial charge in [0.1, 0.15) is 5.25 Å². The topological polar surface area (TPSA) is 131 Å². The molecule has 9 nitrogen and oxygen atoms in total. The normalized spacial score (nSPS) is 17.9. The minimum Gasteiger partial charge on any atom is -0.377 e. The predicted octanol–water partition coefficient (Wildman–Crippen LogP) is 2.37. The molecule has 0 bridgehead atoms. The second-order valence-corrected chi connectivity index (χ2v) is 7.56. The van der Waals surface area contributed by atoms with Crippen molar-refractivity contribution in [3.05, 3.63) is 56.8 Å². The van der Waals surface area contributed by atoms with E-state index in [0.717, 1.165) is 21.5 Å². The number of thioether (sulfide) groups is 1. The lowest BCUT2D eigenvalue weighted by molar-refractivity contribution is -0.384. The molecule has 3 rings (SSSR count). The third-order valence-corrected chi connectivity index (χ3v) is 5.33. The highest BCUT2D eigenvalue weighted by Crippen LogP contribution is 2.31. The first-order valence-electron chi connectivity index (χ1n) is 7.63. The van der Waals surface area contributed by atoms with Crippen molar-refractivity contribution in [3.63, 3.8) is 0 Å². The Bertz CT molecular complexity index is 942. The van der Waals surface area contributed by atoms with Gasteiger partial charge in [-0.2, -0.15) is 5.10 Å². The number of hydrogen-bond acceptors (Lipinski definition) is 8. The number of nitro benzene ring substituents is 1. The van der Waals surface area contributed by atoms with Crippen LogP contribution < -0.4 is 10.6 Å². The number of benzene rings is 1. The van der Waals surface area contributed by atoms with Gasteiger partial charge in [0.05, 0.1) is 16.8 Å². The van der Waals surface area contributed by atoms with Gasteiger partial charge >= 0.3 is 0 Å². The Hall–Kier alpha value is -3.05. The molecule has 138 valence electrons. The molecule has 2 N–H and O–H groups in total. The lowest BCUT2D eigenvalue weighted by Crippen LogP contribution is -2.31. The highest BCUT2D eigenvalue weighted by Gasteiger charge is 2.41. The van der Waals surface area contributed by atoms with Crippen LogP contribution in [0.1, 0.15) is 11.3 Å². The summed E-state index contributed by atoms with van der Waals surface area (Å²) in [6.45, 7) is 0. The molecule has 1 aliphatic rings. The molecule has 0 spiro atoms. The van der Waals surface area contributed by atoms with Gasteiger partial charge in [0.2, 0.25) is 11.8 Å². The molecule has 2 aromatic rings. The van der Waals surface area contributed by atoms with Crippen molar-refractivity contribution in [2.24, 2.45) is 15.9 Å². The van der Waals surface area contributed by atoms with Crippen LogP contribution in [0.3, 0.4) is 0 Å². The van der Waals surface area contributed by atoms with Crippen LogP contribution in [0.15, 0.2) is 52.0 Å². The molecule has 1 fully saturated rings. The lowest BCUT2D eigenvalue weighted by Gasteiger charge is -2.14. The smallest absolute Gasteiger partial charge is 0.271 e. The Morgan fingerprint density at radius 2 is 2.19 bits per heavy atom. The third-order valence-electron chi connectivity index (χ3n) is 3.55. The number of rotatable bonds is 5. The van der Waals surface area contributed by atoms with Crippen LogP contribution in [0.2, 0.25) is 0 Å². The first-order chi connectivity index (χ1) is 13.0.